The fraction of sp³-hybridized carbons (Fsp3) is 0.667. The van der Waals surface area contributed by atoms with Crippen molar-refractivity contribution in [1.82, 2.24) is 0 Å². The fourth-order valence-electron chi connectivity index (χ4n) is 2.66. The van der Waals surface area contributed by atoms with Gasteiger partial charge in [0.25, 0.3) is 0 Å². The molecule has 1 fully saturated rings. The Morgan fingerprint density at radius 2 is 2.27 bits per heavy atom. The third-order valence-electron chi connectivity index (χ3n) is 3.45. The summed E-state index contributed by atoms with van der Waals surface area (Å²) in [6.07, 6.45) is 4.91. The third kappa shape index (κ3) is 1.83. The lowest BCUT2D eigenvalue weighted by molar-refractivity contribution is -0.160. The van der Waals surface area contributed by atoms with E-state index in [4.69, 9.17) is 4.74 Å². The molecule has 2 unspecified atom stereocenters. The van der Waals surface area contributed by atoms with Gasteiger partial charge in [0.2, 0.25) is 0 Å². The molecular formula is C12H18O3. The van der Waals surface area contributed by atoms with Crippen LogP contribution in [0.4, 0.5) is 0 Å². The monoisotopic (exact) mass is 210 g/mol. The van der Waals surface area contributed by atoms with Crippen molar-refractivity contribution in [3.8, 4) is 0 Å². The van der Waals surface area contributed by atoms with Crippen LogP contribution in [0.5, 0.6) is 0 Å². The van der Waals surface area contributed by atoms with Crippen LogP contribution in [-0.4, -0.2) is 18.9 Å². The number of ketones is 1. The van der Waals surface area contributed by atoms with Gasteiger partial charge in [-0.05, 0) is 32.1 Å². The number of carbonyl (C=O) groups is 2. The maximum absolute atomic E-state index is 11.8. The van der Waals surface area contributed by atoms with Crippen molar-refractivity contribution in [3.05, 3.63) is 12.7 Å². The van der Waals surface area contributed by atoms with E-state index in [1.807, 2.05) is 0 Å². The van der Waals surface area contributed by atoms with Gasteiger partial charge < -0.3 is 4.74 Å². The molecule has 0 aromatic carbocycles. The Kier molecular flexibility index (Phi) is 3.66. The van der Waals surface area contributed by atoms with Gasteiger partial charge in [0, 0.05) is 0 Å². The number of methoxy groups -OCH3 is 1. The largest absolute Gasteiger partial charge is 0.468 e. The summed E-state index contributed by atoms with van der Waals surface area (Å²) in [5.41, 5.74) is -0.900. The predicted octanol–water partition coefficient (Wildman–Crippen LogP) is 2.11. The summed E-state index contributed by atoms with van der Waals surface area (Å²) < 4.78 is 4.78. The second kappa shape index (κ2) is 4.60. The molecule has 1 saturated carbocycles. The first-order valence-corrected chi connectivity index (χ1v) is 5.30. The minimum Gasteiger partial charge on any atom is -0.468 e. The molecule has 1 rings (SSSR count). The molecule has 0 N–H and O–H groups in total. The summed E-state index contributed by atoms with van der Waals surface area (Å²) in [6, 6.07) is 0. The number of Topliss-reactive ketones (excluding diaryl/α,β-unsaturated/α-hetero) is 1. The average molecular weight is 210 g/mol. The number of rotatable bonds is 4. The fourth-order valence-corrected chi connectivity index (χ4v) is 2.66. The van der Waals surface area contributed by atoms with Gasteiger partial charge in [-0.2, -0.15) is 0 Å². The topological polar surface area (TPSA) is 43.4 Å². The minimum atomic E-state index is -0.900. The predicted molar refractivity (Wildman–Crippen MR) is 57.3 cm³/mol. The van der Waals surface area contributed by atoms with E-state index < -0.39 is 5.41 Å². The molecule has 0 heterocycles. The number of hydrogen-bond acceptors (Lipinski definition) is 3. The Bertz CT molecular complexity index is 283. The molecule has 0 aromatic heterocycles. The molecule has 0 bridgehead atoms. The highest BCUT2D eigenvalue weighted by atomic mass is 16.5. The summed E-state index contributed by atoms with van der Waals surface area (Å²) in [5, 5.41) is 0. The SMILES string of the molecule is C=CCC1CCCC1(C(C)=O)C(=O)OC. The zero-order valence-electron chi connectivity index (χ0n) is 9.41. The molecule has 0 saturated heterocycles. The first-order valence-electron chi connectivity index (χ1n) is 5.30. The van der Waals surface area contributed by atoms with E-state index in [-0.39, 0.29) is 17.7 Å². The second-order valence-electron chi connectivity index (χ2n) is 4.13. The quantitative estimate of drug-likeness (QED) is 0.405. The third-order valence-corrected chi connectivity index (χ3v) is 3.45. The van der Waals surface area contributed by atoms with Crippen LogP contribution in [0.2, 0.25) is 0 Å². The van der Waals surface area contributed by atoms with E-state index in [9.17, 15) is 9.59 Å². The first-order chi connectivity index (χ1) is 7.09. The van der Waals surface area contributed by atoms with Crippen molar-refractivity contribution in [3.63, 3.8) is 0 Å². The zero-order valence-corrected chi connectivity index (χ0v) is 9.41. The Labute approximate surface area is 90.5 Å². The number of esters is 1. The second-order valence-corrected chi connectivity index (χ2v) is 4.13. The number of allylic oxidation sites excluding steroid dienone is 1. The van der Waals surface area contributed by atoms with Crippen LogP contribution >= 0.6 is 0 Å². The molecule has 0 aromatic rings. The van der Waals surface area contributed by atoms with Crippen molar-refractivity contribution in [2.45, 2.75) is 32.6 Å². The molecule has 15 heavy (non-hydrogen) atoms. The van der Waals surface area contributed by atoms with Crippen molar-refractivity contribution in [2.24, 2.45) is 11.3 Å². The normalized spacial score (nSPS) is 29.9. The highest BCUT2D eigenvalue weighted by Crippen LogP contribution is 2.46. The van der Waals surface area contributed by atoms with Gasteiger partial charge >= 0.3 is 5.97 Å². The maximum atomic E-state index is 11.8. The van der Waals surface area contributed by atoms with Crippen molar-refractivity contribution in [2.75, 3.05) is 7.11 Å². The van der Waals surface area contributed by atoms with E-state index >= 15 is 0 Å². The molecule has 0 spiro atoms. The van der Waals surface area contributed by atoms with Crippen molar-refractivity contribution < 1.29 is 14.3 Å². The summed E-state index contributed by atoms with van der Waals surface area (Å²) in [6.45, 7) is 5.16. The molecular weight excluding hydrogens is 192 g/mol. The molecule has 0 amide bonds. The van der Waals surface area contributed by atoms with Crippen LogP contribution < -0.4 is 0 Å². The van der Waals surface area contributed by atoms with Crippen LogP contribution in [0.3, 0.4) is 0 Å². The average Bonchev–Trinajstić information content (AvgIpc) is 2.62. The minimum absolute atomic E-state index is 0.0694. The van der Waals surface area contributed by atoms with E-state index in [1.54, 1.807) is 6.08 Å². The smallest absolute Gasteiger partial charge is 0.319 e. The zero-order chi connectivity index (χ0) is 11.5. The van der Waals surface area contributed by atoms with Gasteiger partial charge in [-0.25, -0.2) is 0 Å². The van der Waals surface area contributed by atoms with Gasteiger partial charge in [-0.1, -0.05) is 12.5 Å². The van der Waals surface area contributed by atoms with E-state index in [0.29, 0.717) is 12.8 Å². The molecule has 3 nitrogen and oxygen atoms in total. The molecule has 84 valence electrons. The molecule has 0 radical (unpaired) electrons. The molecule has 2 atom stereocenters. The number of ether oxygens (including phenoxy) is 1. The molecule has 3 heteroatoms. The van der Waals surface area contributed by atoms with E-state index in [0.717, 1.165) is 12.8 Å². The van der Waals surface area contributed by atoms with Crippen LogP contribution in [0.15, 0.2) is 12.7 Å². The van der Waals surface area contributed by atoms with Gasteiger partial charge in [0.05, 0.1) is 7.11 Å². The Hall–Kier alpha value is -1.12. The van der Waals surface area contributed by atoms with Gasteiger partial charge in [-0.15, -0.1) is 6.58 Å². The van der Waals surface area contributed by atoms with E-state index in [2.05, 4.69) is 6.58 Å². The maximum Gasteiger partial charge on any atom is 0.319 e. The Morgan fingerprint density at radius 3 is 2.73 bits per heavy atom. The van der Waals surface area contributed by atoms with Gasteiger partial charge in [0.1, 0.15) is 11.2 Å². The summed E-state index contributed by atoms with van der Waals surface area (Å²) in [5.74, 6) is -0.377. The van der Waals surface area contributed by atoms with E-state index in [1.165, 1.54) is 14.0 Å². The number of hydrogen-bond donors (Lipinski definition) is 0. The summed E-state index contributed by atoms with van der Waals surface area (Å²) in [4.78, 5) is 23.5. The van der Waals surface area contributed by atoms with Crippen LogP contribution in [0, 0.1) is 11.3 Å². The molecule has 1 aliphatic rings. The lowest BCUT2D eigenvalue weighted by atomic mass is 9.73. The van der Waals surface area contributed by atoms with Crippen LogP contribution in [0.25, 0.3) is 0 Å². The van der Waals surface area contributed by atoms with Crippen LogP contribution in [0.1, 0.15) is 32.6 Å². The molecule has 0 aliphatic heterocycles. The summed E-state index contributed by atoms with van der Waals surface area (Å²) >= 11 is 0. The van der Waals surface area contributed by atoms with Crippen molar-refractivity contribution in [1.29, 1.82) is 0 Å². The Morgan fingerprint density at radius 1 is 1.60 bits per heavy atom. The lowest BCUT2D eigenvalue weighted by Crippen LogP contribution is -2.42. The van der Waals surface area contributed by atoms with Crippen molar-refractivity contribution >= 4 is 11.8 Å². The van der Waals surface area contributed by atoms with Gasteiger partial charge in [0.15, 0.2) is 0 Å². The molecule has 1 aliphatic carbocycles. The van der Waals surface area contributed by atoms with Crippen LogP contribution in [-0.2, 0) is 14.3 Å². The van der Waals surface area contributed by atoms with Gasteiger partial charge in [-0.3, -0.25) is 9.59 Å². The highest BCUT2D eigenvalue weighted by molar-refractivity contribution is 6.03. The summed E-state index contributed by atoms with van der Waals surface area (Å²) in [7, 11) is 1.34. The highest BCUT2D eigenvalue weighted by Gasteiger charge is 2.52. The first kappa shape index (κ1) is 12.0. The standard InChI is InChI=1S/C12H18O3/c1-4-6-10-7-5-8-12(10,9(2)13)11(14)15-3/h4,10H,1,5-8H2,2-3H3. The number of carbonyl (C=O) groups excluding carboxylic acids is 2. The lowest BCUT2D eigenvalue weighted by Gasteiger charge is -2.29. The Balaban J connectivity index is 3.03.